The third-order valence-electron chi connectivity index (χ3n) is 0.660. The lowest BCUT2D eigenvalue weighted by Gasteiger charge is -1.91. The lowest BCUT2D eigenvalue weighted by Crippen LogP contribution is -2.19. The van der Waals surface area contributed by atoms with Gasteiger partial charge in [0.1, 0.15) is 0 Å². The van der Waals surface area contributed by atoms with Crippen molar-refractivity contribution in [1.82, 2.24) is 5.32 Å². The van der Waals surface area contributed by atoms with E-state index in [-0.39, 0.29) is 5.91 Å². The predicted molar refractivity (Wildman–Crippen MR) is 33.4 cm³/mol. The molecule has 0 rings (SSSR count). The summed E-state index contributed by atoms with van der Waals surface area (Å²) >= 11 is 0. The summed E-state index contributed by atoms with van der Waals surface area (Å²) in [5.41, 5.74) is 0. The first kappa shape index (κ1) is 7.70. The average Bonchev–Trinajstić information content (AvgIpc) is 1.85. The number of allylic oxidation sites excluding steroid dienone is 1. The highest BCUT2D eigenvalue weighted by Gasteiger charge is 1.86. The summed E-state index contributed by atoms with van der Waals surface area (Å²) in [6.45, 7) is 2.41. The van der Waals surface area contributed by atoms with Crippen LogP contribution in [0.2, 0.25) is 0 Å². The Hall–Kier alpha value is -1.30. The van der Waals surface area contributed by atoms with Crippen LogP contribution in [0.1, 0.15) is 6.92 Å². The largest absolute Gasteiger partial charge is 0.353 e. The molecule has 0 aromatic heterocycles. The van der Waals surface area contributed by atoms with Gasteiger partial charge in [-0.25, -0.2) is 0 Å². The fourth-order valence-electron chi connectivity index (χ4n) is 0.346. The molecule has 3 heteroatoms. The highest BCUT2D eigenvalue weighted by atomic mass is 16.1. The Kier molecular flexibility index (Phi) is 4.15. The molecule has 0 aromatic carbocycles. The smallest absolute Gasteiger partial charge is 0.244 e. The molecule has 48 valence electrons. The molecular formula is C6H8N2O. The zero-order valence-corrected chi connectivity index (χ0v) is 5.22. The Morgan fingerprint density at radius 1 is 1.89 bits per heavy atom. The number of nitrogens with one attached hydrogen (secondary N) is 1. The monoisotopic (exact) mass is 124 g/mol. The van der Waals surface area contributed by atoms with Gasteiger partial charge in [-0.3, -0.25) is 4.79 Å². The molecular weight excluding hydrogens is 116 g/mol. The van der Waals surface area contributed by atoms with Crippen LogP contribution in [0.4, 0.5) is 0 Å². The van der Waals surface area contributed by atoms with Gasteiger partial charge in [0.05, 0.1) is 6.07 Å². The number of nitriles is 1. The number of hydrogen-bond acceptors (Lipinski definition) is 2. The van der Waals surface area contributed by atoms with Crippen LogP contribution in [-0.2, 0) is 4.79 Å². The topological polar surface area (TPSA) is 52.9 Å². The van der Waals surface area contributed by atoms with Crippen LogP contribution < -0.4 is 5.32 Å². The molecule has 0 saturated carbocycles. The molecule has 9 heavy (non-hydrogen) atoms. The van der Waals surface area contributed by atoms with Gasteiger partial charge in [0.2, 0.25) is 5.91 Å². The molecule has 1 N–H and O–H groups in total. The average molecular weight is 124 g/mol. The van der Waals surface area contributed by atoms with Crippen LogP contribution in [-0.4, -0.2) is 12.5 Å². The maximum Gasteiger partial charge on any atom is 0.244 e. The maximum atomic E-state index is 10.5. The summed E-state index contributed by atoms with van der Waals surface area (Å²) in [7, 11) is 0. The molecule has 1 amide bonds. The van der Waals surface area contributed by atoms with Gasteiger partial charge in [0.25, 0.3) is 0 Å². The molecule has 0 spiro atoms. The van der Waals surface area contributed by atoms with E-state index in [4.69, 9.17) is 5.26 Å². The quantitative estimate of drug-likeness (QED) is 0.422. The second-order valence-electron chi connectivity index (χ2n) is 1.36. The molecule has 0 aliphatic heterocycles. The van der Waals surface area contributed by atoms with Gasteiger partial charge in [-0.15, -0.1) is 0 Å². The predicted octanol–water partition coefficient (Wildman–Crippen LogP) is 0.202. The second kappa shape index (κ2) is 4.85. The Balaban J connectivity index is 3.53. The Morgan fingerprint density at radius 2 is 2.56 bits per heavy atom. The molecule has 0 aromatic rings. The van der Waals surface area contributed by atoms with Crippen molar-refractivity contribution in [2.24, 2.45) is 0 Å². The van der Waals surface area contributed by atoms with Crippen molar-refractivity contribution < 1.29 is 4.79 Å². The molecule has 0 bridgehead atoms. The van der Waals surface area contributed by atoms with Crippen molar-refractivity contribution in [2.45, 2.75) is 6.92 Å². The van der Waals surface area contributed by atoms with Gasteiger partial charge in [0.15, 0.2) is 0 Å². The number of rotatable bonds is 2. The minimum Gasteiger partial charge on any atom is -0.353 e. The molecule has 0 unspecified atom stereocenters. The zero-order valence-electron chi connectivity index (χ0n) is 5.22. The summed E-state index contributed by atoms with van der Waals surface area (Å²) in [5.74, 6) is -0.223. The van der Waals surface area contributed by atoms with E-state index < -0.39 is 0 Å². The van der Waals surface area contributed by atoms with Crippen LogP contribution in [0.5, 0.6) is 0 Å². The molecule has 0 aliphatic rings. The molecule has 0 radical (unpaired) electrons. The van der Waals surface area contributed by atoms with E-state index in [1.54, 1.807) is 6.07 Å². The van der Waals surface area contributed by atoms with Crippen molar-refractivity contribution in [3.05, 3.63) is 12.2 Å². The summed E-state index contributed by atoms with van der Waals surface area (Å²) in [6, 6.07) is 1.72. The number of hydrogen-bond donors (Lipinski definition) is 1. The maximum absolute atomic E-state index is 10.5. The van der Waals surface area contributed by atoms with E-state index in [9.17, 15) is 4.79 Å². The third kappa shape index (κ3) is 4.56. The van der Waals surface area contributed by atoms with E-state index >= 15 is 0 Å². The van der Waals surface area contributed by atoms with E-state index in [1.807, 2.05) is 6.92 Å². The van der Waals surface area contributed by atoms with Crippen LogP contribution in [0.15, 0.2) is 12.2 Å². The minimum atomic E-state index is -0.223. The standard InChI is InChI=1S/C6H8N2O/c1-2-8-6(9)4-3-5-7/h3-4H,2H2,1H3,(H,8,9). The fraction of sp³-hybridized carbons (Fsp3) is 0.333. The van der Waals surface area contributed by atoms with Crippen LogP contribution in [0.3, 0.4) is 0 Å². The first-order valence-electron chi connectivity index (χ1n) is 2.65. The number of carbonyl (C=O) groups excluding carboxylic acids is 1. The van der Waals surface area contributed by atoms with Crippen molar-refractivity contribution in [3.8, 4) is 6.07 Å². The van der Waals surface area contributed by atoms with E-state index in [1.165, 1.54) is 6.08 Å². The van der Waals surface area contributed by atoms with Gasteiger partial charge >= 0.3 is 0 Å². The highest BCUT2D eigenvalue weighted by molar-refractivity contribution is 5.87. The lowest BCUT2D eigenvalue weighted by atomic mass is 10.5. The van der Waals surface area contributed by atoms with Gasteiger partial charge in [-0.2, -0.15) is 5.26 Å². The van der Waals surface area contributed by atoms with Crippen molar-refractivity contribution >= 4 is 5.91 Å². The minimum absolute atomic E-state index is 0.223. The summed E-state index contributed by atoms with van der Waals surface area (Å²) in [4.78, 5) is 10.5. The summed E-state index contributed by atoms with van der Waals surface area (Å²) < 4.78 is 0. The van der Waals surface area contributed by atoms with Crippen LogP contribution in [0, 0.1) is 11.3 Å². The van der Waals surface area contributed by atoms with E-state index in [0.717, 1.165) is 6.08 Å². The number of carbonyl (C=O) groups is 1. The summed E-state index contributed by atoms with van der Waals surface area (Å²) in [6.07, 6.45) is 2.34. The first-order chi connectivity index (χ1) is 4.31. The van der Waals surface area contributed by atoms with Gasteiger partial charge in [-0.05, 0) is 6.92 Å². The first-order valence-corrected chi connectivity index (χ1v) is 2.65. The molecule has 0 aliphatic carbocycles. The van der Waals surface area contributed by atoms with Crippen LogP contribution in [0.25, 0.3) is 0 Å². The van der Waals surface area contributed by atoms with Gasteiger partial charge in [0, 0.05) is 18.7 Å². The highest BCUT2D eigenvalue weighted by Crippen LogP contribution is 1.69. The molecule has 0 atom stereocenters. The lowest BCUT2D eigenvalue weighted by molar-refractivity contribution is -0.116. The molecule has 0 heterocycles. The Labute approximate surface area is 54.0 Å². The third-order valence-corrected chi connectivity index (χ3v) is 0.660. The number of nitrogens with zero attached hydrogens (tertiary/aromatic N) is 1. The zero-order chi connectivity index (χ0) is 7.11. The summed E-state index contributed by atoms with van der Waals surface area (Å²) in [5, 5.41) is 10.5. The van der Waals surface area contributed by atoms with Crippen LogP contribution >= 0.6 is 0 Å². The Morgan fingerprint density at radius 3 is 3.00 bits per heavy atom. The van der Waals surface area contributed by atoms with Crippen molar-refractivity contribution in [2.75, 3.05) is 6.54 Å². The van der Waals surface area contributed by atoms with Gasteiger partial charge < -0.3 is 5.32 Å². The number of amides is 1. The molecule has 3 nitrogen and oxygen atoms in total. The molecule has 0 fully saturated rings. The van der Waals surface area contributed by atoms with E-state index in [2.05, 4.69) is 5.32 Å². The van der Waals surface area contributed by atoms with Gasteiger partial charge in [-0.1, -0.05) is 0 Å². The fourth-order valence-corrected chi connectivity index (χ4v) is 0.346. The SMILES string of the molecule is CCNC(=O)C=CC#N. The second-order valence-corrected chi connectivity index (χ2v) is 1.36. The Bertz CT molecular complexity index is 155. The van der Waals surface area contributed by atoms with Crippen molar-refractivity contribution in [1.29, 1.82) is 5.26 Å². The number of likely N-dealkylation sites (N-methyl/N-ethyl adjacent to an activating group) is 1. The normalized spacial score (nSPS) is 8.89. The van der Waals surface area contributed by atoms with E-state index in [0.29, 0.717) is 6.54 Å². The van der Waals surface area contributed by atoms with Crippen molar-refractivity contribution in [3.63, 3.8) is 0 Å². The molecule has 0 saturated heterocycles.